The van der Waals surface area contributed by atoms with E-state index in [4.69, 9.17) is 51.6 Å². The standard InChI is InChI=1S/C37H38Cl2O6/c1-27(36(38)39)44-37-35(43-25-31-20-12-5-13-21-31)34(42-24-30-18-10-4-11-19-30)33(41-23-29-16-8-3-9-17-29)32(45-37)26-40-22-28-14-6-2-7-15-28/h2-21,32-35,37H,22-26H2,1H3/t32-,33+,34+,35-,37+/m1/s1. The van der Waals surface area contributed by atoms with Crippen molar-refractivity contribution in [2.24, 2.45) is 0 Å². The SMILES string of the molecule is CC(O[C@H]1O[C@H](COCc2ccccc2)[C@H](OCc2ccccc2)[C@H](OCc2ccccc2)[C@H]1OCc1ccccc1)=C(Cl)Cl. The fourth-order valence-electron chi connectivity index (χ4n) is 5.06. The Morgan fingerprint density at radius 2 is 0.956 bits per heavy atom. The Morgan fingerprint density at radius 1 is 0.556 bits per heavy atom. The van der Waals surface area contributed by atoms with Crippen LogP contribution in [0.15, 0.2) is 132 Å². The molecular formula is C37H38Cl2O6. The van der Waals surface area contributed by atoms with Crippen LogP contribution in [0.3, 0.4) is 0 Å². The van der Waals surface area contributed by atoms with Gasteiger partial charge in [-0.2, -0.15) is 0 Å². The van der Waals surface area contributed by atoms with Crippen molar-refractivity contribution in [3.63, 3.8) is 0 Å². The van der Waals surface area contributed by atoms with Crippen LogP contribution in [-0.4, -0.2) is 37.3 Å². The molecule has 0 spiro atoms. The Hall–Kier alpha value is -3.20. The molecule has 0 saturated carbocycles. The monoisotopic (exact) mass is 648 g/mol. The zero-order valence-electron chi connectivity index (χ0n) is 25.2. The van der Waals surface area contributed by atoms with E-state index in [-0.39, 0.29) is 11.1 Å². The third-order valence-corrected chi connectivity index (χ3v) is 7.93. The Labute approximate surface area is 275 Å². The molecule has 4 aromatic rings. The van der Waals surface area contributed by atoms with Crippen LogP contribution in [-0.2, 0) is 54.8 Å². The van der Waals surface area contributed by atoms with E-state index >= 15 is 0 Å². The average Bonchev–Trinajstić information content (AvgIpc) is 3.08. The van der Waals surface area contributed by atoms with Gasteiger partial charge in [0.25, 0.3) is 0 Å². The minimum atomic E-state index is -0.913. The summed E-state index contributed by atoms with van der Waals surface area (Å²) in [6, 6.07) is 39.9. The zero-order chi connectivity index (χ0) is 31.3. The summed E-state index contributed by atoms with van der Waals surface area (Å²) < 4.78 is 38.9. The Balaban J connectivity index is 1.45. The van der Waals surface area contributed by atoms with Gasteiger partial charge in [0, 0.05) is 0 Å². The molecule has 0 unspecified atom stereocenters. The highest BCUT2D eigenvalue weighted by atomic mass is 35.5. The lowest BCUT2D eigenvalue weighted by Gasteiger charge is -2.45. The van der Waals surface area contributed by atoms with E-state index in [1.54, 1.807) is 6.92 Å². The second kappa shape index (κ2) is 17.5. The van der Waals surface area contributed by atoms with Crippen LogP contribution in [0, 0.1) is 0 Å². The van der Waals surface area contributed by atoms with Crippen LogP contribution in [0.5, 0.6) is 0 Å². The molecular weight excluding hydrogens is 611 g/mol. The van der Waals surface area contributed by atoms with E-state index in [0.29, 0.717) is 32.2 Å². The van der Waals surface area contributed by atoms with Gasteiger partial charge in [0.15, 0.2) is 0 Å². The van der Waals surface area contributed by atoms with Gasteiger partial charge < -0.3 is 28.4 Å². The molecule has 1 saturated heterocycles. The molecule has 236 valence electrons. The molecule has 0 aliphatic carbocycles. The molecule has 8 heteroatoms. The van der Waals surface area contributed by atoms with Gasteiger partial charge in [-0.25, -0.2) is 0 Å². The van der Waals surface area contributed by atoms with Crippen molar-refractivity contribution in [1.82, 2.24) is 0 Å². The largest absolute Gasteiger partial charge is 0.464 e. The van der Waals surface area contributed by atoms with Gasteiger partial charge in [-0.15, -0.1) is 0 Å². The number of ether oxygens (including phenoxy) is 6. The third kappa shape index (κ3) is 10.1. The van der Waals surface area contributed by atoms with Crippen LogP contribution < -0.4 is 0 Å². The van der Waals surface area contributed by atoms with Gasteiger partial charge in [-0.05, 0) is 29.2 Å². The Morgan fingerprint density at radius 3 is 1.40 bits per heavy atom. The number of benzene rings is 4. The van der Waals surface area contributed by atoms with Crippen LogP contribution in [0.1, 0.15) is 29.2 Å². The lowest BCUT2D eigenvalue weighted by molar-refractivity contribution is -0.320. The van der Waals surface area contributed by atoms with Crippen molar-refractivity contribution in [1.29, 1.82) is 0 Å². The molecule has 45 heavy (non-hydrogen) atoms. The molecule has 6 nitrogen and oxygen atoms in total. The van der Waals surface area contributed by atoms with E-state index in [1.807, 2.05) is 121 Å². The first-order chi connectivity index (χ1) is 22.1. The lowest BCUT2D eigenvalue weighted by atomic mass is 9.97. The number of halogens is 2. The van der Waals surface area contributed by atoms with Gasteiger partial charge in [-0.3, -0.25) is 0 Å². The van der Waals surface area contributed by atoms with Gasteiger partial charge in [0.2, 0.25) is 6.29 Å². The summed E-state index contributed by atoms with van der Waals surface area (Å²) in [6.07, 6.45) is -3.36. The summed E-state index contributed by atoms with van der Waals surface area (Å²) >= 11 is 12.2. The molecule has 5 atom stereocenters. The highest BCUT2D eigenvalue weighted by Crippen LogP contribution is 2.33. The van der Waals surface area contributed by atoms with Crippen LogP contribution in [0.2, 0.25) is 0 Å². The molecule has 1 aliphatic rings. The molecule has 1 aliphatic heterocycles. The normalized spacial score (nSPS) is 21.3. The van der Waals surface area contributed by atoms with Gasteiger partial charge >= 0.3 is 0 Å². The first-order valence-electron chi connectivity index (χ1n) is 15.0. The smallest absolute Gasteiger partial charge is 0.229 e. The Bertz CT molecular complexity index is 1440. The summed E-state index contributed by atoms with van der Waals surface area (Å²) in [7, 11) is 0. The summed E-state index contributed by atoms with van der Waals surface area (Å²) in [4.78, 5) is 0. The van der Waals surface area contributed by atoms with E-state index in [9.17, 15) is 0 Å². The number of hydrogen-bond acceptors (Lipinski definition) is 6. The molecule has 0 radical (unpaired) electrons. The Kier molecular flexibility index (Phi) is 12.9. The van der Waals surface area contributed by atoms with Gasteiger partial charge in [0.05, 0.1) is 33.0 Å². The summed E-state index contributed by atoms with van der Waals surface area (Å²) in [6.45, 7) is 3.30. The molecule has 0 aromatic heterocycles. The van der Waals surface area contributed by atoms with Crippen LogP contribution in [0.25, 0.3) is 0 Å². The van der Waals surface area contributed by atoms with Crippen molar-refractivity contribution < 1.29 is 28.4 Å². The summed E-state index contributed by atoms with van der Waals surface area (Å²) in [5.74, 6) is 0.311. The quantitative estimate of drug-likeness (QED) is 0.121. The van der Waals surface area contributed by atoms with Gasteiger partial charge in [-0.1, -0.05) is 145 Å². The summed E-state index contributed by atoms with van der Waals surface area (Å²) in [5.41, 5.74) is 4.09. The van der Waals surface area contributed by atoms with Crippen molar-refractivity contribution in [3.05, 3.63) is 154 Å². The van der Waals surface area contributed by atoms with E-state index in [2.05, 4.69) is 0 Å². The molecule has 0 N–H and O–H groups in total. The maximum absolute atomic E-state index is 6.69. The number of rotatable bonds is 15. The molecule has 1 heterocycles. The second-order valence-electron chi connectivity index (χ2n) is 10.8. The summed E-state index contributed by atoms with van der Waals surface area (Å²) in [5, 5.41) is 0. The fraction of sp³-hybridized carbons (Fsp3) is 0.297. The highest BCUT2D eigenvalue weighted by molar-refractivity contribution is 6.56. The lowest BCUT2D eigenvalue weighted by Crippen LogP contribution is -2.61. The van der Waals surface area contributed by atoms with Crippen molar-refractivity contribution in [3.8, 4) is 0 Å². The van der Waals surface area contributed by atoms with Crippen LogP contribution >= 0.6 is 23.2 Å². The first-order valence-corrected chi connectivity index (χ1v) is 15.7. The molecule has 1 fully saturated rings. The topological polar surface area (TPSA) is 55.4 Å². The molecule has 0 bridgehead atoms. The first kappa shape index (κ1) is 33.2. The van der Waals surface area contributed by atoms with Gasteiger partial charge in [0.1, 0.15) is 34.7 Å². The highest BCUT2D eigenvalue weighted by Gasteiger charge is 2.50. The molecule has 4 aromatic carbocycles. The van der Waals surface area contributed by atoms with E-state index < -0.39 is 30.7 Å². The average molecular weight is 650 g/mol. The maximum Gasteiger partial charge on any atom is 0.229 e. The predicted octanol–water partition coefficient (Wildman–Crippen LogP) is 8.37. The number of hydrogen-bond donors (Lipinski definition) is 0. The maximum atomic E-state index is 6.69. The fourth-order valence-corrected chi connectivity index (χ4v) is 5.15. The van der Waals surface area contributed by atoms with Crippen molar-refractivity contribution in [2.45, 2.75) is 64.1 Å². The second-order valence-corrected chi connectivity index (χ2v) is 11.7. The molecule has 0 amide bonds. The minimum Gasteiger partial charge on any atom is -0.464 e. The molecule has 5 rings (SSSR count). The minimum absolute atomic E-state index is 0.00138. The zero-order valence-corrected chi connectivity index (χ0v) is 26.7. The van der Waals surface area contributed by atoms with Crippen molar-refractivity contribution >= 4 is 23.2 Å². The van der Waals surface area contributed by atoms with Crippen LogP contribution in [0.4, 0.5) is 0 Å². The van der Waals surface area contributed by atoms with E-state index in [1.165, 1.54) is 0 Å². The van der Waals surface area contributed by atoms with Crippen molar-refractivity contribution in [2.75, 3.05) is 6.61 Å². The number of allylic oxidation sites excluding steroid dienone is 1. The predicted molar refractivity (Wildman–Crippen MR) is 175 cm³/mol. The third-order valence-electron chi connectivity index (χ3n) is 7.40. The van der Waals surface area contributed by atoms with E-state index in [0.717, 1.165) is 22.3 Å².